The molecule has 0 saturated heterocycles. The minimum absolute atomic E-state index is 0.0200. The van der Waals surface area contributed by atoms with Crippen LogP contribution in [0.5, 0.6) is 0 Å². The molecule has 0 aliphatic heterocycles. The molecule has 1 aromatic rings. The minimum Gasteiger partial charge on any atom is -0.395 e. The lowest BCUT2D eigenvalue weighted by Gasteiger charge is -2.22. The third-order valence-electron chi connectivity index (χ3n) is 2.75. The predicted octanol–water partition coefficient (Wildman–Crippen LogP) is 2.70. The van der Waals surface area contributed by atoms with Gasteiger partial charge < -0.3 is 10.0 Å². The van der Waals surface area contributed by atoms with Crippen LogP contribution in [0.2, 0.25) is 5.02 Å². The molecule has 0 heterocycles. The molecule has 1 amide bonds. The van der Waals surface area contributed by atoms with E-state index in [1.165, 1.54) is 0 Å². The molecule has 1 aliphatic carbocycles. The van der Waals surface area contributed by atoms with Crippen molar-refractivity contribution >= 4 is 33.4 Å². The summed E-state index contributed by atoms with van der Waals surface area (Å²) in [6.45, 7) is 0.347. The first-order chi connectivity index (χ1) is 8.13. The number of hydrogen-bond acceptors (Lipinski definition) is 2. The van der Waals surface area contributed by atoms with Crippen molar-refractivity contribution in [3.05, 3.63) is 33.3 Å². The van der Waals surface area contributed by atoms with Gasteiger partial charge in [-0.1, -0.05) is 27.5 Å². The van der Waals surface area contributed by atoms with E-state index in [0.717, 1.165) is 17.3 Å². The summed E-state index contributed by atoms with van der Waals surface area (Å²) in [6.07, 6.45) is 2.02. The molecule has 92 valence electrons. The van der Waals surface area contributed by atoms with Gasteiger partial charge in [-0.3, -0.25) is 4.79 Å². The van der Waals surface area contributed by atoms with Gasteiger partial charge in [-0.25, -0.2) is 0 Å². The van der Waals surface area contributed by atoms with Crippen molar-refractivity contribution in [1.82, 2.24) is 4.90 Å². The molecular formula is C12H13BrClNO2. The molecule has 1 N–H and O–H groups in total. The van der Waals surface area contributed by atoms with Crippen molar-refractivity contribution < 1.29 is 9.90 Å². The Labute approximate surface area is 114 Å². The Morgan fingerprint density at radius 1 is 1.53 bits per heavy atom. The fraction of sp³-hybridized carbons (Fsp3) is 0.417. The van der Waals surface area contributed by atoms with Crippen molar-refractivity contribution in [3.8, 4) is 0 Å². The Morgan fingerprint density at radius 3 is 2.82 bits per heavy atom. The Balaban J connectivity index is 2.24. The quantitative estimate of drug-likeness (QED) is 0.927. The topological polar surface area (TPSA) is 40.5 Å². The second-order valence-corrected chi connectivity index (χ2v) is 5.40. The standard InChI is InChI=1S/C12H13BrClNO2/c13-8-1-4-11(14)10(7-8)12(17)15(5-6-16)9-2-3-9/h1,4,7,9,16H,2-3,5-6H2. The number of halogens is 2. The predicted molar refractivity (Wildman–Crippen MR) is 70.3 cm³/mol. The maximum Gasteiger partial charge on any atom is 0.255 e. The van der Waals surface area contributed by atoms with E-state index >= 15 is 0 Å². The molecular weight excluding hydrogens is 305 g/mol. The van der Waals surface area contributed by atoms with Crippen LogP contribution in [0.4, 0.5) is 0 Å². The number of aliphatic hydroxyl groups is 1. The van der Waals surface area contributed by atoms with E-state index in [2.05, 4.69) is 15.9 Å². The molecule has 0 unspecified atom stereocenters. The molecule has 0 aromatic heterocycles. The van der Waals surface area contributed by atoms with Gasteiger partial charge in [-0.15, -0.1) is 0 Å². The monoisotopic (exact) mass is 317 g/mol. The van der Waals surface area contributed by atoms with E-state index in [1.54, 1.807) is 23.1 Å². The molecule has 2 rings (SSSR count). The van der Waals surface area contributed by atoms with Crippen LogP contribution in [-0.4, -0.2) is 35.1 Å². The van der Waals surface area contributed by atoms with Gasteiger partial charge in [0.2, 0.25) is 0 Å². The number of aliphatic hydroxyl groups excluding tert-OH is 1. The van der Waals surface area contributed by atoms with Crippen LogP contribution in [0.15, 0.2) is 22.7 Å². The molecule has 1 aromatic carbocycles. The highest BCUT2D eigenvalue weighted by Crippen LogP contribution is 2.30. The summed E-state index contributed by atoms with van der Waals surface area (Å²) in [6, 6.07) is 5.48. The van der Waals surface area contributed by atoms with Gasteiger partial charge >= 0.3 is 0 Å². The number of benzene rings is 1. The normalized spacial score (nSPS) is 14.8. The van der Waals surface area contributed by atoms with Crippen molar-refractivity contribution in [2.45, 2.75) is 18.9 Å². The SMILES string of the molecule is O=C(c1cc(Br)ccc1Cl)N(CCO)C1CC1. The molecule has 0 spiro atoms. The zero-order valence-corrected chi connectivity index (χ0v) is 11.5. The average Bonchev–Trinajstić information content (AvgIpc) is 3.12. The molecule has 1 saturated carbocycles. The Bertz CT molecular complexity index is 435. The smallest absolute Gasteiger partial charge is 0.255 e. The van der Waals surface area contributed by atoms with Gasteiger partial charge in [-0.2, -0.15) is 0 Å². The summed E-state index contributed by atoms with van der Waals surface area (Å²) >= 11 is 9.36. The molecule has 0 bridgehead atoms. The van der Waals surface area contributed by atoms with Crippen LogP contribution < -0.4 is 0 Å². The van der Waals surface area contributed by atoms with Crippen LogP contribution in [0.25, 0.3) is 0 Å². The maximum absolute atomic E-state index is 12.3. The third kappa shape index (κ3) is 3.00. The number of carbonyl (C=O) groups is 1. The van der Waals surface area contributed by atoms with Gasteiger partial charge in [0.1, 0.15) is 0 Å². The fourth-order valence-electron chi connectivity index (χ4n) is 1.76. The highest BCUT2D eigenvalue weighted by atomic mass is 79.9. The van der Waals surface area contributed by atoms with E-state index < -0.39 is 0 Å². The lowest BCUT2D eigenvalue weighted by molar-refractivity contribution is 0.0708. The lowest BCUT2D eigenvalue weighted by atomic mass is 10.2. The number of nitrogens with zero attached hydrogens (tertiary/aromatic N) is 1. The number of carbonyl (C=O) groups excluding carboxylic acids is 1. The van der Waals surface area contributed by atoms with E-state index in [-0.39, 0.29) is 18.6 Å². The van der Waals surface area contributed by atoms with Crippen LogP contribution in [0, 0.1) is 0 Å². The molecule has 17 heavy (non-hydrogen) atoms. The Morgan fingerprint density at radius 2 is 2.24 bits per heavy atom. The van der Waals surface area contributed by atoms with Gasteiger partial charge in [-0.05, 0) is 31.0 Å². The van der Waals surface area contributed by atoms with Crippen LogP contribution in [0.3, 0.4) is 0 Å². The van der Waals surface area contributed by atoms with Crippen LogP contribution >= 0.6 is 27.5 Å². The second-order valence-electron chi connectivity index (χ2n) is 4.08. The Hall–Kier alpha value is -0.580. The van der Waals surface area contributed by atoms with Crippen LogP contribution in [0.1, 0.15) is 23.2 Å². The molecule has 1 fully saturated rings. The van der Waals surface area contributed by atoms with Gasteiger partial charge in [0.05, 0.1) is 17.2 Å². The Kier molecular flexibility index (Phi) is 4.07. The molecule has 1 aliphatic rings. The van der Waals surface area contributed by atoms with E-state index in [0.29, 0.717) is 17.1 Å². The molecule has 5 heteroatoms. The summed E-state index contributed by atoms with van der Waals surface area (Å²) in [4.78, 5) is 14.0. The maximum atomic E-state index is 12.3. The number of rotatable bonds is 4. The van der Waals surface area contributed by atoms with Gasteiger partial charge in [0, 0.05) is 17.1 Å². The van der Waals surface area contributed by atoms with E-state index in [1.807, 2.05) is 0 Å². The highest BCUT2D eigenvalue weighted by Gasteiger charge is 2.33. The molecule has 3 nitrogen and oxygen atoms in total. The van der Waals surface area contributed by atoms with E-state index in [4.69, 9.17) is 16.7 Å². The average molecular weight is 319 g/mol. The molecule has 0 radical (unpaired) electrons. The summed E-state index contributed by atoms with van der Waals surface area (Å²) in [5.41, 5.74) is 0.487. The largest absolute Gasteiger partial charge is 0.395 e. The minimum atomic E-state index is -0.104. The first-order valence-electron chi connectivity index (χ1n) is 5.50. The first kappa shape index (κ1) is 12.9. The summed E-state index contributed by atoms with van der Waals surface area (Å²) in [5.74, 6) is -0.104. The van der Waals surface area contributed by atoms with Crippen molar-refractivity contribution in [3.63, 3.8) is 0 Å². The van der Waals surface area contributed by atoms with Crippen LogP contribution in [-0.2, 0) is 0 Å². The summed E-state index contributed by atoms with van der Waals surface area (Å²) < 4.78 is 0.824. The third-order valence-corrected chi connectivity index (χ3v) is 3.57. The van der Waals surface area contributed by atoms with Gasteiger partial charge in [0.25, 0.3) is 5.91 Å². The van der Waals surface area contributed by atoms with Crippen molar-refractivity contribution in [2.75, 3.05) is 13.2 Å². The zero-order chi connectivity index (χ0) is 12.4. The van der Waals surface area contributed by atoms with Crippen molar-refractivity contribution in [1.29, 1.82) is 0 Å². The first-order valence-corrected chi connectivity index (χ1v) is 6.67. The summed E-state index contributed by atoms with van der Waals surface area (Å²) in [7, 11) is 0. The lowest BCUT2D eigenvalue weighted by Crippen LogP contribution is -2.35. The highest BCUT2D eigenvalue weighted by molar-refractivity contribution is 9.10. The zero-order valence-electron chi connectivity index (χ0n) is 9.20. The summed E-state index contributed by atoms with van der Waals surface area (Å²) in [5, 5.41) is 9.44. The molecule has 0 atom stereocenters. The fourth-order valence-corrected chi connectivity index (χ4v) is 2.32. The van der Waals surface area contributed by atoms with E-state index in [9.17, 15) is 4.79 Å². The number of amides is 1. The van der Waals surface area contributed by atoms with Crippen molar-refractivity contribution in [2.24, 2.45) is 0 Å². The van der Waals surface area contributed by atoms with Gasteiger partial charge in [0.15, 0.2) is 0 Å². The number of hydrogen-bond donors (Lipinski definition) is 1. The second kappa shape index (κ2) is 5.38.